The van der Waals surface area contributed by atoms with Gasteiger partial charge in [0.15, 0.2) is 0 Å². The van der Waals surface area contributed by atoms with Gasteiger partial charge in [-0.15, -0.1) is 0 Å². The van der Waals surface area contributed by atoms with Crippen LogP contribution in [0.4, 0.5) is 8.78 Å². The van der Waals surface area contributed by atoms with Crippen molar-refractivity contribution in [1.82, 2.24) is 0 Å². The second-order valence-corrected chi connectivity index (χ2v) is 1.84. The predicted octanol–water partition coefficient (Wildman–Crippen LogP) is 0.599. The molecular formula is C4H3F2O2. The SMILES string of the molecule is [O]C(=O)C1CC1(F)F. The van der Waals surface area contributed by atoms with Gasteiger partial charge >= 0.3 is 5.97 Å². The maximum Gasteiger partial charge on any atom is 0.364 e. The molecule has 1 rings (SSSR count). The van der Waals surface area contributed by atoms with Gasteiger partial charge in [0, 0.05) is 6.42 Å². The third-order valence-corrected chi connectivity index (χ3v) is 1.11. The van der Waals surface area contributed by atoms with Crippen LogP contribution in [-0.2, 0) is 9.90 Å². The molecule has 2 nitrogen and oxygen atoms in total. The van der Waals surface area contributed by atoms with Gasteiger partial charge in [0.1, 0.15) is 5.92 Å². The predicted molar refractivity (Wildman–Crippen MR) is 18.7 cm³/mol. The van der Waals surface area contributed by atoms with Crippen LogP contribution in [-0.4, -0.2) is 11.9 Å². The molecule has 1 radical (unpaired) electrons. The van der Waals surface area contributed by atoms with Gasteiger partial charge in [-0.3, -0.25) is 0 Å². The molecule has 1 atom stereocenters. The van der Waals surface area contributed by atoms with E-state index >= 15 is 0 Å². The molecule has 1 unspecified atom stereocenters. The van der Waals surface area contributed by atoms with Gasteiger partial charge in [0.2, 0.25) is 0 Å². The Balaban J connectivity index is 2.48. The molecule has 1 fully saturated rings. The largest absolute Gasteiger partial charge is 0.364 e. The third kappa shape index (κ3) is 0.657. The summed E-state index contributed by atoms with van der Waals surface area (Å²) >= 11 is 0. The molecule has 0 bridgehead atoms. The molecule has 0 aliphatic heterocycles. The average Bonchev–Trinajstić information content (AvgIpc) is 2.13. The Morgan fingerprint density at radius 1 is 1.62 bits per heavy atom. The Bertz CT molecular complexity index is 132. The summed E-state index contributed by atoms with van der Waals surface area (Å²) < 4.78 is 23.3. The van der Waals surface area contributed by atoms with Crippen molar-refractivity contribution in [2.45, 2.75) is 12.3 Å². The summed E-state index contributed by atoms with van der Waals surface area (Å²) in [6, 6.07) is 0. The minimum atomic E-state index is -2.97. The molecule has 8 heavy (non-hydrogen) atoms. The van der Waals surface area contributed by atoms with Crippen LogP contribution in [0, 0.1) is 5.92 Å². The Hall–Kier alpha value is -0.670. The van der Waals surface area contributed by atoms with Crippen LogP contribution in [0.3, 0.4) is 0 Å². The first-order valence-corrected chi connectivity index (χ1v) is 2.13. The zero-order valence-electron chi connectivity index (χ0n) is 3.86. The van der Waals surface area contributed by atoms with Crippen LogP contribution in [0.15, 0.2) is 0 Å². The molecule has 45 valence electrons. The normalized spacial score (nSPS) is 32.0. The summed E-state index contributed by atoms with van der Waals surface area (Å²) in [5.41, 5.74) is 0. The molecule has 0 spiro atoms. The van der Waals surface area contributed by atoms with Crippen LogP contribution in [0.2, 0.25) is 0 Å². The summed E-state index contributed by atoms with van der Waals surface area (Å²) in [5.74, 6) is -6.13. The average molecular weight is 121 g/mol. The fraction of sp³-hybridized carbons (Fsp3) is 0.750. The Morgan fingerprint density at radius 3 is 2.00 bits per heavy atom. The summed E-state index contributed by atoms with van der Waals surface area (Å²) in [6.45, 7) is 0. The van der Waals surface area contributed by atoms with Crippen LogP contribution >= 0.6 is 0 Å². The number of hydrogen-bond donors (Lipinski definition) is 0. The lowest BCUT2D eigenvalue weighted by Crippen LogP contribution is -2.03. The molecule has 4 heteroatoms. The van der Waals surface area contributed by atoms with E-state index in [2.05, 4.69) is 0 Å². The van der Waals surface area contributed by atoms with Crippen LogP contribution < -0.4 is 0 Å². The van der Waals surface area contributed by atoms with Gasteiger partial charge in [0.25, 0.3) is 5.92 Å². The van der Waals surface area contributed by atoms with Gasteiger partial charge in [0.05, 0.1) is 0 Å². The second kappa shape index (κ2) is 1.18. The first kappa shape index (κ1) is 5.47. The van der Waals surface area contributed by atoms with E-state index < -0.39 is 24.2 Å². The maximum atomic E-state index is 11.6. The minimum absolute atomic E-state index is 0.546. The summed E-state index contributed by atoms with van der Waals surface area (Å²) in [6.07, 6.45) is -0.546. The number of carbonyl (C=O) groups is 1. The van der Waals surface area contributed by atoms with Crippen molar-refractivity contribution in [1.29, 1.82) is 0 Å². The van der Waals surface area contributed by atoms with E-state index in [-0.39, 0.29) is 0 Å². The third-order valence-electron chi connectivity index (χ3n) is 1.11. The molecule has 1 aliphatic rings. The molecule has 0 aromatic rings. The van der Waals surface area contributed by atoms with Crippen LogP contribution in [0.25, 0.3) is 0 Å². The van der Waals surface area contributed by atoms with Crippen molar-refractivity contribution in [2.75, 3.05) is 0 Å². The standard InChI is InChI=1S/C4H3F2O2/c5-4(6)1-2(4)3(7)8/h2H,1H2. The van der Waals surface area contributed by atoms with E-state index in [9.17, 15) is 18.7 Å². The van der Waals surface area contributed by atoms with Crippen molar-refractivity contribution in [3.63, 3.8) is 0 Å². The van der Waals surface area contributed by atoms with Gasteiger partial charge in [-0.05, 0) is 0 Å². The fourth-order valence-electron chi connectivity index (χ4n) is 0.469. The lowest BCUT2D eigenvalue weighted by Gasteiger charge is -1.84. The molecule has 0 saturated heterocycles. The Kier molecular flexibility index (Phi) is 0.808. The van der Waals surface area contributed by atoms with Crippen molar-refractivity contribution in [3.05, 3.63) is 0 Å². The summed E-state index contributed by atoms with van der Waals surface area (Å²) in [7, 11) is 0. The highest BCUT2D eigenvalue weighted by Crippen LogP contribution is 2.48. The van der Waals surface area contributed by atoms with E-state index in [1.807, 2.05) is 0 Å². The number of alkyl halides is 2. The highest BCUT2D eigenvalue weighted by atomic mass is 19.3. The van der Waals surface area contributed by atoms with E-state index in [1.165, 1.54) is 0 Å². The lowest BCUT2D eigenvalue weighted by atomic mass is 10.4. The van der Waals surface area contributed by atoms with E-state index in [4.69, 9.17) is 0 Å². The number of hydrogen-bond acceptors (Lipinski definition) is 1. The van der Waals surface area contributed by atoms with Gasteiger partial charge in [-0.1, -0.05) is 0 Å². The van der Waals surface area contributed by atoms with E-state index in [0.717, 1.165) is 0 Å². The maximum absolute atomic E-state index is 11.6. The molecule has 0 N–H and O–H groups in total. The minimum Gasteiger partial charge on any atom is -0.247 e. The molecular weight excluding hydrogens is 118 g/mol. The van der Waals surface area contributed by atoms with Gasteiger partial charge < -0.3 is 0 Å². The first-order chi connectivity index (χ1) is 3.54. The monoisotopic (exact) mass is 121 g/mol. The van der Waals surface area contributed by atoms with Crippen LogP contribution in [0.5, 0.6) is 0 Å². The summed E-state index contributed by atoms with van der Waals surface area (Å²) in [4.78, 5) is 9.59. The zero-order valence-corrected chi connectivity index (χ0v) is 3.86. The Labute approximate surface area is 44.1 Å². The van der Waals surface area contributed by atoms with Gasteiger partial charge in [-0.25, -0.2) is 18.7 Å². The van der Waals surface area contributed by atoms with Gasteiger partial charge in [-0.2, -0.15) is 0 Å². The molecule has 0 aromatic carbocycles. The first-order valence-electron chi connectivity index (χ1n) is 2.13. The zero-order chi connectivity index (χ0) is 6.36. The van der Waals surface area contributed by atoms with Crippen molar-refractivity contribution >= 4 is 5.97 Å². The quantitative estimate of drug-likeness (QED) is 0.500. The lowest BCUT2D eigenvalue weighted by molar-refractivity contribution is -0.147. The van der Waals surface area contributed by atoms with Crippen molar-refractivity contribution < 1.29 is 18.7 Å². The summed E-state index contributed by atoms with van der Waals surface area (Å²) in [5, 5.41) is 9.59. The van der Waals surface area contributed by atoms with Crippen molar-refractivity contribution in [2.24, 2.45) is 5.92 Å². The molecule has 1 saturated carbocycles. The fourth-order valence-corrected chi connectivity index (χ4v) is 0.469. The highest BCUT2D eigenvalue weighted by molar-refractivity contribution is 5.74. The number of rotatable bonds is 1. The Morgan fingerprint density at radius 2 is 2.00 bits per heavy atom. The molecule has 0 aromatic heterocycles. The molecule has 1 aliphatic carbocycles. The molecule has 0 heterocycles. The topological polar surface area (TPSA) is 37.0 Å². The number of halogens is 2. The van der Waals surface area contributed by atoms with Crippen molar-refractivity contribution in [3.8, 4) is 0 Å². The van der Waals surface area contributed by atoms with Crippen LogP contribution in [0.1, 0.15) is 6.42 Å². The van der Waals surface area contributed by atoms with E-state index in [1.54, 1.807) is 0 Å². The highest BCUT2D eigenvalue weighted by Gasteiger charge is 2.62. The second-order valence-electron chi connectivity index (χ2n) is 1.84. The molecule has 0 amide bonds. The number of carbonyl (C=O) groups excluding carboxylic acids is 1. The smallest absolute Gasteiger partial charge is 0.247 e. The van der Waals surface area contributed by atoms with E-state index in [0.29, 0.717) is 0 Å².